The summed E-state index contributed by atoms with van der Waals surface area (Å²) in [5.74, 6) is -14.6. The molecule has 0 saturated heterocycles. The van der Waals surface area contributed by atoms with Gasteiger partial charge in [-0.25, -0.2) is 13.2 Å². The van der Waals surface area contributed by atoms with E-state index in [-0.39, 0.29) is 5.75 Å². The van der Waals surface area contributed by atoms with Crippen LogP contribution in [0.4, 0.5) is 30.7 Å². The standard InChI is InChI=1S/C15H6F7NO2/c16-6-3-7(5-23-4-6)25-9-2-1-8-10(11(9)13(17)18)12(24)15(21,22)14(8,19)20/h1-5,13H. The molecule has 132 valence electrons. The summed E-state index contributed by atoms with van der Waals surface area (Å²) in [6.07, 6.45) is -1.86. The van der Waals surface area contributed by atoms with Crippen molar-refractivity contribution >= 4 is 5.78 Å². The molecule has 0 radical (unpaired) electrons. The third-order valence-electron chi connectivity index (χ3n) is 3.58. The molecule has 1 aromatic heterocycles. The van der Waals surface area contributed by atoms with Gasteiger partial charge in [0, 0.05) is 17.2 Å². The maximum atomic E-state index is 13.7. The molecule has 1 heterocycles. The van der Waals surface area contributed by atoms with E-state index in [1.807, 2.05) is 0 Å². The smallest absolute Gasteiger partial charge is 0.376 e. The van der Waals surface area contributed by atoms with Gasteiger partial charge in [-0.2, -0.15) is 17.6 Å². The summed E-state index contributed by atoms with van der Waals surface area (Å²) >= 11 is 0. The van der Waals surface area contributed by atoms with Gasteiger partial charge in [-0.1, -0.05) is 0 Å². The van der Waals surface area contributed by atoms with Crippen molar-refractivity contribution in [2.45, 2.75) is 18.3 Å². The highest BCUT2D eigenvalue weighted by molar-refractivity contribution is 6.08. The van der Waals surface area contributed by atoms with Crippen LogP contribution in [0.2, 0.25) is 0 Å². The number of ketones is 1. The molecule has 10 heteroatoms. The van der Waals surface area contributed by atoms with E-state index in [2.05, 4.69) is 4.98 Å². The number of hydrogen-bond acceptors (Lipinski definition) is 3. The number of carbonyl (C=O) groups excluding carboxylic acids is 1. The Morgan fingerprint density at radius 1 is 1.04 bits per heavy atom. The van der Waals surface area contributed by atoms with E-state index in [1.165, 1.54) is 0 Å². The van der Waals surface area contributed by atoms with Crippen LogP contribution in [-0.4, -0.2) is 16.7 Å². The molecule has 1 aromatic carbocycles. The van der Waals surface area contributed by atoms with Crippen LogP contribution in [0.1, 0.15) is 27.9 Å². The SMILES string of the molecule is O=C1c2c(ccc(Oc3cncc(F)c3)c2C(F)F)C(F)(F)C1(F)F. The van der Waals surface area contributed by atoms with Gasteiger partial charge in [0.2, 0.25) is 5.78 Å². The molecule has 0 bridgehead atoms. The van der Waals surface area contributed by atoms with Crippen molar-refractivity contribution in [1.29, 1.82) is 0 Å². The van der Waals surface area contributed by atoms with Gasteiger partial charge in [-0.15, -0.1) is 0 Å². The molecule has 2 aromatic rings. The fourth-order valence-electron chi connectivity index (χ4n) is 2.46. The quantitative estimate of drug-likeness (QED) is 0.729. The number of pyridine rings is 1. The fourth-order valence-corrected chi connectivity index (χ4v) is 2.46. The summed E-state index contributed by atoms with van der Waals surface area (Å²) in [7, 11) is 0. The summed E-state index contributed by atoms with van der Waals surface area (Å²) in [6.45, 7) is 0. The predicted molar refractivity (Wildman–Crippen MR) is 68.8 cm³/mol. The van der Waals surface area contributed by atoms with E-state index in [0.717, 1.165) is 18.5 Å². The molecule has 25 heavy (non-hydrogen) atoms. The number of benzene rings is 1. The summed E-state index contributed by atoms with van der Waals surface area (Å²) in [5.41, 5.74) is -4.42. The zero-order valence-electron chi connectivity index (χ0n) is 11.9. The lowest BCUT2D eigenvalue weighted by Gasteiger charge is -2.17. The molecular formula is C15H6F7NO2. The largest absolute Gasteiger partial charge is 0.455 e. The van der Waals surface area contributed by atoms with Gasteiger partial charge in [0.15, 0.2) is 0 Å². The molecule has 1 aliphatic carbocycles. The van der Waals surface area contributed by atoms with Crippen molar-refractivity contribution in [3.63, 3.8) is 0 Å². The molecule has 0 aliphatic heterocycles. The summed E-state index contributed by atoms with van der Waals surface area (Å²) in [5, 5.41) is 0. The Hall–Kier alpha value is -2.65. The first-order chi connectivity index (χ1) is 11.6. The molecule has 0 spiro atoms. The second kappa shape index (κ2) is 5.43. The van der Waals surface area contributed by atoms with Crippen LogP contribution in [0.25, 0.3) is 0 Å². The average molecular weight is 365 g/mol. The zero-order valence-corrected chi connectivity index (χ0v) is 11.9. The second-order valence-corrected chi connectivity index (χ2v) is 5.12. The lowest BCUT2D eigenvalue weighted by Crippen LogP contribution is -2.38. The van der Waals surface area contributed by atoms with Crippen molar-refractivity contribution in [3.05, 3.63) is 53.1 Å². The first-order valence-corrected chi connectivity index (χ1v) is 6.61. The van der Waals surface area contributed by atoms with Gasteiger partial charge < -0.3 is 4.74 Å². The number of carbonyl (C=O) groups is 1. The van der Waals surface area contributed by atoms with Gasteiger partial charge in [0.25, 0.3) is 6.43 Å². The van der Waals surface area contributed by atoms with Crippen molar-refractivity contribution in [3.8, 4) is 11.5 Å². The second-order valence-electron chi connectivity index (χ2n) is 5.12. The van der Waals surface area contributed by atoms with Crippen molar-refractivity contribution in [1.82, 2.24) is 4.98 Å². The molecule has 0 unspecified atom stereocenters. The van der Waals surface area contributed by atoms with Gasteiger partial charge in [0.1, 0.15) is 17.3 Å². The predicted octanol–water partition coefficient (Wildman–Crippen LogP) is 4.87. The van der Waals surface area contributed by atoms with Crippen LogP contribution in [0.15, 0.2) is 30.6 Å². The van der Waals surface area contributed by atoms with E-state index in [0.29, 0.717) is 12.1 Å². The van der Waals surface area contributed by atoms with Crippen molar-refractivity contribution < 1.29 is 40.3 Å². The Balaban J connectivity index is 2.19. The lowest BCUT2D eigenvalue weighted by molar-refractivity contribution is -0.176. The third-order valence-corrected chi connectivity index (χ3v) is 3.58. The molecule has 0 atom stereocenters. The molecular weight excluding hydrogens is 359 g/mol. The average Bonchev–Trinajstić information content (AvgIpc) is 2.65. The number of ether oxygens (including phenoxy) is 1. The maximum Gasteiger partial charge on any atom is 0.376 e. The fraction of sp³-hybridized carbons (Fsp3) is 0.200. The van der Waals surface area contributed by atoms with Gasteiger partial charge >= 0.3 is 11.8 Å². The highest BCUT2D eigenvalue weighted by Gasteiger charge is 2.70. The Bertz CT molecular complexity index is 867. The third kappa shape index (κ3) is 2.43. The zero-order chi connectivity index (χ0) is 18.6. The number of fused-ring (bicyclic) bond motifs is 1. The summed E-state index contributed by atoms with van der Waals surface area (Å²) in [6, 6.07) is 1.75. The Labute approximate surface area is 135 Å². The number of rotatable bonds is 3. The molecule has 1 aliphatic rings. The first-order valence-electron chi connectivity index (χ1n) is 6.61. The molecule has 0 amide bonds. The van der Waals surface area contributed by atoms with Crippen LogP contribution >= 0.6 is 0 Å². The molecule has 0 fully saturated rings. The van der Waals surface area contributed by atoms with Crippen LogP contribution in [0, 0.1) is 5.82 Å². The molecule has 3 nitrogen and oxygen atoms in total. The van der Waals surface area contributed by atoms with Crippen molar-refractivity contribution in [2.24, 2.45) is 0 Å². The number of nitrogens with zero attached hydrogens (tertiary/aromatic N) is 1. The van der Waals surface area contributed by atoms with E-state index in [4.69, 9.17) is 4.74 Å². The van der Waals surface area contributed by atoms with Crippen LogP contribution in [0.5, 0.6) is 11.5 Å². The number of halogens is 7. The molecule has 0 N–H and O–H groups in total. The minimum Gasteiger partial charge on any atom is -0.455 e. The number of hydrogen-bond donors (Lipinski definition) is 0. The van der Waals surface area contributed by atoms with Crippen LogP contribution in [0.3, 0.4) is 0 Å². The topological polar surface area (TPSA) is 39.2 Å². The van der Waals surface area contributed by atoms with Gasteiger partial charge in [0.05, 0.1) is 18.0 Å². The van der Waals surface area contributed by atoms with Crippen LogP contribution < -0.4 is 4.74 Å². The number of aromatic nitrogens is 1. The first kappa shape index (κ1) is 17.2. The highest BCUT2D eigenvalue weighted by Crippen LogP contribution is 2.55. The highest BCUT2D eigenvalue weighted by atomic mass is 19.3. The monoisotopic (exact) mass is 365 g/mol. The molecule has 0 saturated carbocycles. The normalized spacial score (nSPS) is 17.7. The van der Waals surface area contributed by atoms with E-state index < -0.39 is 52.3 Å². The van der Waals surface area contributed by atoms with Gasteiger partial charge in [-0.3, -0.25) is 9.78 Å². The van der Waals surface area contributed by atoms with Crippen LogP contribution in [-0.2, 0) is 5.92 Å². The Morgan fingerprint density at radius 2 is 1.72 bits per heavy atom. The van der Waals surface area contributed by atoms with Crippen molar-refractivity contribution in [2.75, 3.05) is 0 Å². The summed E-state index contributed by atoms with van der Waals surface area (Å²) in [4.78, 5) is 15.0. The Kier molecular flexibility index (Phi) is 3.73. The maximum absolute atomic E-state index is 13.7. The molecule has 3 rings (SSSR count). The minimum atomic E-state index is -5.15. The summed E-state index contributed by atoms with van der Waals surface area (Å²) < 4.78 is 99.1. The number of alkyl halides is 6. The van der Waals surface area contributed by atoms with E-state index in [9.17, 15) is 35.5 Å². The Morgan fingerprint density at radius 3 is 2.32 bits per heavy atom. The lowest BCUT2D eigenvalue weighted by atomic mass is 10.0. The van der Waals surface area contributed by atoms with Gasteiger partial charge in [-0.05, 0) is 12.1 Å². The van der Waals surface area contributed by atoms with E-state index in [1.54, 1.807) is 0 Å². The van der Waals surface area contributed by atoms with E-state index >= 15 is 0 Å². The minimum absolute atomic E-state index is 0.384. The number of Topliss-reactive ketones (excluding diaryl/α,β-unsaturated/α-hetero) is 1.